The first-order valence-corrected chi connectivity index (χ1v) is 2.04. The second-order valence-electron chi connectivity index (χ2n) is 1.11. The summed E-state index contributed by atoms with van der Waals surface area (Å²) in [6, 6.07) is 0. The van der Waals surface area contributed by atoms with E-state index in [0.717, 1.165) is 0 Å². The summed E-state index contributed by atoms with van der Waals surface area (Å²) >= 11 is 0. The van der Waals surface area contributed by atoms with E-state index in [4.69, 9.17) is 0 Å². The molecule has 8 heavy (non-hydrogen) atoms. The van der Waals surface area contributed by atoms with Gasteiger partial charge in [-0.1, -0.05) is 0 Å². The quantitative estimate of drug-likeness (QED) is 0.429. The normalized spacial score (nSPS) is 15.9. The third-order valence-corrected chi connectivity index (χ3v) is 0.646. The predicted molar refractivity (Wildman–Crippen MR) is 25.8 cm³/mol. The van der Waals surface area contributed by atoms with Crippen molar-refractivity contribution in [3.63, 3.8) is 0 Å². The van der Waals surface area contributed by atoms with Gasteiger partial charge in [0.15, 0.2) is 6.26 Å². The third kappa shape index (κ3) is 0.900. The second-order valence-corrected chi connectivity index (χ2v) is 1.11. The Morgan fingerprint density at radius 3 is 3.00 bits per heavy atom. The highest BCUT2D eigenvalue weighted by Crippen LogP contribution is 1.93. The van der Waals surface area contributed by atoms with Gasteiger partial charge >= 0.3 is 0 Å². The Hall–Kier alpha value is -1.19. The van der Waals surface area contributed by atoms with E-state index in [9.17, 15) is 0 Å². The second kappa shape index (κ2) is 2.20. The van der Waals surface area contributed by atoms with Crippen molar-refractivity contribution in [2.45, 2.75) is 0 Å². The summed E-state index contributed by atoms with van der Waals surface area (Å²) in [5, 5.41) is 3.33. The standard InChI is InChI=1S/C4H5NO3/c1-6-4-2-3-7-8-5-4/h2-3H,1H3. The van der Waals surface area contributed by atoms with Crippen molar-refractivity contribution in [1.29, 1.82) is 0 Å². The molecule has 0 amide bonds. The van der Waals surface area contributed by atoms with E-state index in [2.05, 4.69) is 19.8 Å². The van der Waals surface area contributed by atoms with Crippen molar-refractivity contribution >= 4 is 5.90 Å². The van der Waals surface area contributed by atoms with Crippen LogP contribution in [0.2, 0.25) is 0 Å². The molecule has 0 saturated carbocycles. The summed E-state index contributed by atoms with van der Waals surface area (Å²) in [5.41, 5.74) is 0. The lowest BCUT2D eigenvalue weighted by atomic mass is 10.6. The molecule has 0 aliphatic carbocycles. The van der Waals surface area contributed by atoms with Crippen LogP contribution in [0.3, 0.4) is 0 Å². The fourth-order valence-electron chi connectivity index (χ4n) is 0.305. The molecule has 0 aromatic rings. The molecule has 44 valence electrons. The fourth-order valence-corrected chi connectivity index (χ4v) is 0.305. The molecule has 1 rings (SSSR count). The van der Waals surface area contributed by atoms with Crippen LogP contribution < -0.4 is 0 Å². The summed E-state index contributed by atoms with van der Waals surface area (Å²) < 4.78 is 4.65. The van der Waals surface area contributed by atoms with Crippen LogP contribution >= 0.6 is 0 Å². The molecule has 0 aromatic heterocycles. The molecular formula is C4H5NO3. The Labute approximate surface area is 46.3 Å². The molecule has 0 saturated heterocycles. The zero-order valence-corrected chi connectivity index (χ0v) is 4.33. The summed E-state index contributed by atoms with van der Waals surface area (Å²) in [6.45, 7) is 0. The van der Waals surface area contributed by atoms with Gasteiger partial charge in [-0.25, -0.2) is 0 Å². The highest BCUT2D eigenvalue weighted by Gasteiger charge is 1.96. The molecule has 1 aliphatic heterocycles. The van der Waals surface area contributed by atoms with Crippen LogP contribution in [0.5, 0.6) is 0 Å². The van der Waals surface area contributed by atoms with Crippen molar-refractivity contribution in [2.24, 2.45) is 5.16 Å². The molecule has 0 fully saturated rings. The predicted octanol–water partition coefficient (Wildman–Crippen LogP) is 0.422. The molecule has 1 heterocycles. The maximum absolute atomic E-state index is 4.65. The number of hydrogen-bond donors (Lipinski definition) is 0. The van der Waals surface area contributed by atoms with Gasteiger partial charge in [0, 0.05) is 11.2 Å². The SMILES string of the molecule is COC1=NOOC=C1. The number of hydrogen-bond acceptors (Lipinski definition) is 4. The molecule has 0 N–H and O–H groups in total. The Bertz CT molecular complexity index is 129. The van der Waals surface area contributed by atoms with Crippen molar-refractivity contribution in [3.8, 4) is 0 Å². The first kappa shape index (κ1) is 4.96. The van der Waals surface area contributed by atoms with Crippen LogP contribution in [-0.4, -0.2) is 13.0 Å². The van der Waals surface area contributed by atoms with Gasteiger partial charge in [-0.2, -0.15) is 4.99 Å². The number of methoxy groups -OCH3 is 1. The monoisotopic (exact) mass is 115 g/mol. The van der Waals surface area contributed by atoms with Crippen molar-refractivity contribution in [3.05, 3.63) is 12.3 Å². The summed E-state index contributed by atoms with van der Waals surface area (Å²) in [5.74, 6) is 0.399. The van der Waals surface area contributed by atoms with E-state index in [1.165, 1.54) is 13.4 Å². The van der Waals surface area contributed by atoms with Crippen molar-refractivity contribution in [2.75, 3.05) is 7.11 Å². The van der Waals surface area contributed by atoms with Crippen LogP contribution in [0, 0.1) is 0 Å². The van der Waals surface area contributed by atoms with E-state index in [0.29, 0.717) is 5.90 Å². The van der Waals surface area contributed by atoms with Crippen LogP contribution in [0.15, 0.2) is 17.5 Å². The van der Waals surface area contributed by atoms with Crippen molar-refractivity contribution in [1.82, 2.24) is 0 Å². The molecular weight excluding hydrogens is 110 g/mol. The minimum atomic E-state index is 0.399. The maximum atomic E-state index is 4.65. The molecule has 0 unspecified atom stereocenters. The summed E-state index contributed by atoms with van der Waals surface area (Å²) in [4.78, 5) is 8.40. The van der Waals surface area contributed by atoms with Crippen LogP contribution in [-0.2, 0) is 14.6 Å². The topological polar surface area (TPSA) is 40.0 Å². The van der Waals surface area contributed by atoms with Gasteiger partial charge in [0.2, 0.25) is 0 Å². The zero-order valence-electron chi connectivity index (χ0n) is 4.33. The van der Waals surface area contributed by atoms with Gasteiger partial charge in [0.1, 0.15) is 0 Å². The lowest BCUT2D eigenvalue weighted by molar-refractivity contribution is -0.253. The molecule has 0 spiro atoms. The molecule has 4 nitrogen and oxygen atoms in total. The molecule has 0 radical (unpaired) electrons. The van der Waals surface area contributed by atoms with Crippen LogP contribution in [0.25, 0.3) is 0 Å². The molecule has 0 bridgehead atoms. The highest BCUT2D eigenvalue weighted by atomic mass is 17.3. The Balaban J connectivity index is 2.51. The smallest absolute Gasteiger partial charge is 0.258 e. The van der Waals surface area contributed by atoms with E-state index in [1.54, 1.807) is 6.08 Å². The zero-order chi connectivity index (χ0) is 5.82. The van der Waals surface area contributed by atoms with Gasteiger partial charge in [0.25, 0.3) is 5.90 Å². The summed E-state index contributed by atoms with van der Waals surface area (Å²) in [7, 11) is 1.50. The van der Waals surface area contributed by atoms with E-state index >= 15 is 0 Å². The number of rotatable bonds is 0. The van der Waals surface area contributed by atoms with Crippen molar-refractivity contribution < 1.29 is 14.6 Å². The minimum absolute atomic E-state index is 0.399. The average Bonchev–Trinajstić information content (AvgIpc) is 1.90. The van der Waals surface area contributed by atoms with E-state index in [-0.39, 0.29) is 0 Å². The van der Waals surface area contributed by atoms with Gasteiger partial charge in [0.05, 0.1) is 7.11 Å². The third-order valence-electron chi connectivity index (χ3n) is 0.646. The van der Waals surface area contributed by atoms with Crippen LogP contribution in [0.1, 0.15) is 0 Å². The van der Waals surface area contributed by atoms with Gasteiger partial charge in [-0.15, -0.1) is 0 Å². The number of oxime groups is 1. The van der Waals surface area contributed by atoms with Crippen LogP contribution in [0.4, 0.5) is 0 Å². The maximum Gasteiger partial charge on any atom is 0.258 e. The number of nitrogens with zero attached hydrogens (tertiary/aromatic N) is 1. The van der Waals surface area contributed by atoms with Gasteiger partial charge in [-0.05, 0) is 0 Å². The van der Waals surface area contributed by atoms with E-state index < -0.39 is 0 Å². The first-order valence-electron chi connectivity index (χ1n) is 2.04. The lowest BCUT2D eigenvalue weighted by Gasteiger charge is -2.01. The molecule has 0 aromatic carbocycles. The average molecular weight is 115 g/mol. The fraction of sp³-hybridized carbons (Fsp3) is 0.250. The minimum Gasteiger partial charge on any atom is -0.479 e. The van der Waals surface area contributed by atoms with Gasteiger partial charge < -0.3 is 4.74 Å². The Kier molecular flexibility index (Phi) is 1.37. The molecule has 1 aliphatic rings. The van der Waals surface area contributed by atoms with Gasteiger partial charge in [-0.3, -0.25) is 4.89 Å². The first-order chi connectivity index (χ1) is 3.93. The Morgan fingerprint density at radius 1 is 1.75 bits per heavy atom. The number of ether oxygens (including phenoxy) is 1. The molecule has 4 heteroatoms. The highest BCUT2D eigenvalue weighted by molar-refractivity contribution is 5.86. The lowest BCUT2D eigenvalue weighted by Crippen LogP contribution is -2.01. The molecule has 0 atom stereocenters. The summed E-state index contributed by atoms with van der Waals surface area (Å²) in [6.07, 6.45) is 2.88. The van der Waals surface area contributed by atoms with E-state index in [1.807, 2.05) is 0 Å². The largest absolute Gasteiger partial charge is 0.479 e. The Morgan fingerprint density at radius 2 is 2.62 bits per heavy atom.